The lowest BCUT2D eigenvalue weighted by atomic mass is 9.84. The maximum absolute atomic E-state index is 11.6. The first kappa shape index (κ1) is 11.4. The molecular formula is C11H18O3. The second-order valence-electron chi connectivity index (χ2n) is 4.64. The molecule has 3 nitrogen and oxygen atoms in total. The smallest absolute Gasteiger partial charge is 0.143 e. The van der Waals surface area contributed by atoms with Crippen molar-refractivity contribution in [3.63, 3.8) is 0 Å². The van der Waals surface area contributed by atoms with Gasteiger partial charge in [0.25, 0.3) is 0 Å². The number of rotatable bonds is 3. The summed E-state index contributed by atoms with van der Waals surface area (Å²) >= 11 is 0. The first-order chi connectivity index (χ1) is 6.41. The molecule has 0 aromatic heterocycles. The minimum atomic E-state index is -0.213. The van der Waals surface area contributed by atoms with E-state index in [1.807, 2.05) is 13.8 Å². The van der Waals surface area contributed by atoms with E-state index in [0.717, 1.165) is 12.8 Å². The zero-order chi connectivity index (χ0) is 10.8. The second-order valence-corrected chi connectivity index (χ2v) is 4.64. The molecule has 1 aliphatic rings. The lowest BCUT2D eigenvalue weighted by Crippen LogP contribution is -2.37. The summed E-state index contributed by atoms with van der Waals surface area (Å²) in [5.41, 5.74) is -0.213. The van der Waals surface area contributed by atoms with Crippen LogP contribution >= 0.6 is 0 Å². The van der Waals surface area contributed by atoms with E-state index in [4.69, 9.17) is 4.74 Å². The second kappa shape index (κ2) is 4.22. The molecule has 0 spiro atoms. The SMILES string of the molecule is CC(=O)CC(=O)C1CCOC(C)(C)C1. The molecule has 1 heterocycles. The van der Waals surface area contributed by atoms with Crippen LogP contribution in [0.3, 0.4) is 0 Å². The van der Waals surface area contributed by atoms with Crippen LogP contribution in [0.15, 0.2) is 0 Å². The summed E-state index contributed by atoms with van der Waals surface area (Å²) in [6.07, 6.45) is 1.58. The summed E-state index contributed by atoms with van der Waals surface area (Å²) in [5.74, 6) is 0.0517. The fourth-order valence-corrected chi connectivity index (χ4v) is 1.90. The number of carbonyl (C=O) groups is 2. The molecule has 1 unspecified atom stereocenters. The maximum atomic E-state index is 11.6. The van der Waals surface area contributed by atoms with Crippen LogP contribution in [0, 0.1) is 5.92 Å². The molecule has 0 bridgehead atoms. The molecule has 1 aliphatic heterocycles. The zero-order valence-electron chi connectivity index (χ0n) is 9.13. The van der Waals surface area contributed by atoms with Gasteiger partial charge in [0.2, 0.25) is 0 Å². The number of hydrogen-bond acceptors (Lipinski definition) is 3. The molecular weight excluding hydrogens is 180 g/mol. The Hall–Kier alpha value is -0.700. The molecule has 1 atom stereocenters. The monoisotopic (exact) mass is 198 g/mol. The maximum Gasteiger partial charge on any atom is 0.143 e. The molecule has 1 rings (SSSR count). The quantitative estimate of drug-likeness (QED) is 0.649. The van der Waals surface area contributed by atoms with Gasteiger partial charge in [-0.15, -0.1) is 0 Å². The van der Waals surface area contributed by atoms with E-state index in [0.29, 0.717) is 6.61 Å². The summed E-state index contributed by atoms with van der Waals surface area (Å²) in [6, 6.07) is 0. The summed E-state index contributed by atoms with van der Waals surface area (Å²) in [4.78, 5) is 22.4. The van der Waals surface area contributed by atoms with Gasteiger partial charge >= 0.3 is 0 Å². The average molecular weight is 198 g/mol. The molecule has 1 saturated heterocycles. The van der Waals surface area contributed by atoms with Gasteiger partial charge in [-0.1, -0.05) is 0 Å². The Labute approximate surface area is 84.8 Å². The van der Waals surface area contributed by atoms with Crippen LogP contribution in [0.2, 0.25) is 0 Å². The van der Waals surface area contributed by atoms with Crippen LogP contribution in [0.1, 0.15) is 40.0 Å². The Bertz CT molecular complexity index is 243. The van der Waals surface area contributed by atoms with Crippen molar-refractivity contribution in [1.82, 2.24) is 0 Å². The van der Waals surface area contributed by atoms with E-state index in [-0.39, 0.29) is 29.5 Å². The van der Waals surface area contributed by atoms with Gasteiger partial charge in [-0.05, 0) is 33.6 Å². The standard InChI is InChI=1S/C11H18O3/c1-8(12)6-10(13)9-4-5-14-11(2,3)7-9/h9H,4-7H2,1-3H3. The molecule has 1 fully saturated rings. The zero-order valence-corrected chi connectivity index (χ0v) is 9.13. The van der Waals surface area contributed by atoms with E-state index in [2.05, 4.69) is 0 Å². The fourth-order valence-electron chi connectivity index (χ4n) is 1.90. The Morgan fingerprint density at radius 2 is 2.07 bits per heavy atom. The molecule has 0 radical (unpaired) electrons. The molecule has 0 N–H and O–H groups in total. The van der Waals surface area contributed by atoms with Gasteiger partial charge in [0.15, 0.2) is 0 Å². The molecule has 0 amide bonds. The number of hydrogen-bond donors (Lipinski definition) is 0. The van der Waals surface area contributed by atoms with E-state index >= 15 is 0 Å². The third-order valence-corrected chi connectivity index (χ3v) is 2.58. The van der Waals surface area contributed by atoms with Gasteiger partial charge in [-0.25, -0.2) is 0 Å². The molecule has 0 saturated carbocycles. The summed E-state index contributed by atoms with van der Waals surface area (Å²) in [7, 11) is 0. The van der Waals surface area contributed by atoms with Gasteiger partial charge in [0, 0.05) is 12.5 Å². The van der Waals surface area contributed by atoms with Crippen molar-refractivity contribution in [2.75, 3.05) is 6.61 Å². The number of Topliss-reactive ketones (excluding diaryl/α,β-unsaturated/α-hetero) is 2. The minimum Gasteiger partial charge on any atom is -0.376 e. The van der Waals surface area contributed by atoms with Crippen LogP contribution in [0.5, 0.6) is 0 Å². The highest BCUT2D eigenvalue weighted by Crippen LogP contribution is 2.29. The highest BCUT2D eigenvalue weighted by molar-refractivity contribution is 5.99. The van der Waals surface area contributed by atoms with Crippen molar-refractivity contribution in [3.05, 3.63) is 0 Å². The van der Waals surface area contributed by atoms with Crippen LogP contribution < -0.4 is 0 Å². The summed E-state index contributed by atoms with van der Waals surface area (Å²) < 4.78 is 5.51. The Morgan fingerprint density at radius 1 is 1.43 bits per heavy atom. The third kappa shape index (κ3) is 3.22. The molecule has 14 heavy (non-hydrogen) atoms. The van der Waals surface area contributed by atoms with E-state index in [1.54, 1.807) is 0 Å². The Kier molecular flexibility index (Phi) is 3.43. The van der Waals surface area contributed by atoms with E-state index in [1.165, 1.54) is 6.92 Å². The van der Waals surface area contributed by atoms with Gasteiger partial charge in [-0.3, -0.25) is 9.59 Å². The minimum absolute atomic E-state index is 0.0163. The number of ketones is 2. The molecule has 80 valence electrons. The first-order valence-electron chi connectivity index (χ1n) is 5.07. The van der Waals surface area contributed by atoms with E-state index < -0.39 is 0 Å². The number of ether oxygens (including phenoxy) is 1. The first-order valence-corrected chi connectivity index (χ1v) is 5.07. The lowest BCUT2D eigenvalue weighted by molar-refractivity contribution is -0.136. The molecule has 0 aliphatic carbocycles. The topological polar surface area (TPSA) is 43.4 Å². The normalized spacial score (nSPS) is 25.8. The predicted molar refractivity (Wildman–Crippen MR) is 53.1 cm³/mol. The molecule has 0 aromatic rings. The van der Waals surface area contributed by atoms with Crippen LogP contribution in [0.25, 0.3) is 0 Å². The van der Waals surface area contributed by atoms with Crippen molar-refractivity contribution in [3.8, 4) is 0 Å². The van der Waals surface area contributed by atoms with Crippen molar-refractivity contribution in [2.45, 2.75) is 45.6 Å². The van der Waals surface area contributed by atoms with Crippen LogP contribution in [0.4, 0.5) is 0 Å². The average Bonchev–Trinajstić information content (AvgIpc) is 2.01. The Morgan fingerprint density at radius 3 is 2.57 bits per heavy atom. The van der Waals surface area contributed by atoms with Crippen molar-refractivity contribution < 1.29 is 14.3 Å². The summed E-state index contributed by atoms with van der Waals surface area (Å²) in [6.45, 7) is 6.06. The van der Waals surface area contributed by atoms with Crippen molar-refractivity contribution in [1.29, 1.82) is 0 Å². The van der Waals surface area contributed by atoms with Gasteiger partial charge < -0.3 is 4.74 Å². The third-order valence-electron chi connectivity index (χ3n) is 2.58. The Balaban J connectivity index is 2.52. The predicted octanol–water partition coefficient (Wildman–Crippen LogP) is 1.74. The highest BCUT2D eigenvalue weighted by Gasteiger charge is 2.32. The van der Waals surface area contributed by atoms with Gasteiger partial charge in [0.1, 0.15) is 11.6 Å². The highest BCUT2D eigenvalue weighted by atomic mass is 16.5. The van der Waals surface area contributed by atoms with Gasteiger partial charge in [0.05, 0.1) is 12.0 Å². The summed E-state index contributed by atoms with van der Waals surface area (Å²) in [5, 5.41) is 0. The number of carbonyl (C=O) groups excluding carboxylic acids is 2. The van der Waals surface area contributed by atoms with E-state index in [9.17, 15) is 9.59 Å². The van der Waals surface area contributed by atoms with Crippen LogP contribution in [-0.2, 0) is 14.3 Å². The van der Waals surface area contributed by atoms with Gasteiger partial charge in [-0.2, -0.15) is 0 Å². The molecule has 3 heteroatoms. The molecule has 0 aromatic carbocycles. The fraction of sp³-hybridized carbons (Fsp3) is 0.818. The lowest BCUT2D eigenvalue weighted by Gasteiger charge is -2.34. The van der Waals surface area contributed by atoms with Crippen molar-refractivity contribution in [2.24, 2.45) is 5.92 Å². The van der Waals surface area contributed by atoms with Crippen LogP contribution in [-0.4, -0.2) is 23.8 Å². The van der Waals surface area contributed by atoms with Crippen molar-refractivity contribution >= 4 is 11.6 Å². The largest absolute Gasteiger partial charge is 0.376 e.